The van der Waals surface area contributed by atoms with Crippen molar-refractivity contribution in [3.8, 4) is 0 Å². The summed E-state index contributed by atoms with van der Waals surface area (Å²) in [6.45, 7) is 5.82. The van der Waals surface area contributed by atoms with Crippen LogP contribution in [0, 0.1) is 11.8 Å². The summed E-state index contributed by atoms with van der Waals surface area (Å²) in [5, 5.41) is 9.82. The molecule has 1 aliphatic carbocycles. The first kappa shape index (κ1) is 12.4. The van der Waals surface area contributed by atoms with Crippen LogP contribution in [0.2, 0.25) is 0 Å². The van der Waals surface area contributed by atoms with Crippen molar-refractivity contribution >= 4 is 5.97 Å². The highest BCUT2D eigenvalue weighted by molar-refractivity contribution is 5.76. The number of esters is 1. The van der Waals surface area contributed by atoms with Crippen LogP contribution in [-0.4, -0.2) is 29.5 Å². The van der Waals surface area contributed by atoms with Crippen molar-refractivity contribution in [3.63, 3.8) is 0 Å². The van der Waals surface area contributed by atoms with E-state index in [0.717, 1.165) is 0 Å². The van der Waals surface area contributed by atoms with Crippen molar-refractivity contribution in [2.45, 2.75) is 45.4 Å². The fourth-order valence-electron chi connectivity index (χ4n) is 1.96. The molecule has 15 heavy (non-hydrogen) atoms. The van der Waals surface area contributed by atoms with E-state index in [4.69, 9.17) is 0 Å². The molecule has 0 aliphatic heterocycles. The van der Waals surface area contributed by atoms with E-state index in [-0.39, 0.29) is 6.61 Å². The van der Waals surface area contributed by atoms with Gasteiger partial charge < -0.3 is 9.84 Å². The molecule has 1 aliphatic rings. The van der Waals surface area contributed by atoms with Gasteiger partial charge in [0.15, 0.2) is 0 Å². The lowest BCUT2D eigenvalue weighted by atomic mass is 9.64. The Kier molecular flexibility index (Phi) is 3.71. The van der Waals surface area contributed by atoms with Gasteiger partial charge >= 0.3 is 5.97 Å². The zero-order valence-corrected chi connectivity index (χ0v) is 9.50. The molecule has 1 unspecified atom stereocenters. The first-order chi connectivity index (χ1) is 6.90. The lowest BCUT2D eigenvalue weighted by molar-refractivity contribution is -0.178. The molecular weight excluding hydrogens is 199 g/mol. The molecule has 0 radical (unpaired) electrons. The molecule has 4 heteroatoms. The maximum atomic E-state index is 13.5. The van der Waals surface area contributed by atoms with Gasteiger partial charge in [0.2, 0.25) is 6.17 Å². The van der Waals surface area contributed by atoms with E-state index in [1.165, 1.54) is 0 Å². The van der Waals surface area contributed by atoms with Gasteiger partial charge in [0.05, 0.1) is 6.61 Å². The largest absolute Gasteiger partial charge is 0.464 e. The molecule has 1 N–H and O–H groups in total. The van der Waals surface area contributed by atoms with Crippen LogP contribution in [0.1, 0.15) is 33.6 Å². The second-order valence-electron chi connectivity index (χ2n) is 4.63. The van der Waals surface area contributed by atoms with E-state index in [2.05, 4.69) is 4.74 Å². The molecule has 0 amide bonds. The van der Waals surface area contributed by atoms with Gasteiger partial charge in [0, 0.05) is 0 Å². The summed E-state index contributed by atoms with van der Waals surface area (Å²) >= 11 is 0. The molecule has 3 nitrogen and oxygen atoms in total. The summed E-state index contributed by atoms with van der Waals surface area (Å²) in [5.41, 5.74) is -1.48. The van der Waals surface area contributed by atoms with Crippen molar-refractivity contribution < 1.29 is 19.0 Å². The monoisotopic (exact) mass is 218 g/mol. The van der Waals surface area contributed by atoms with Gasteiger partial charge in [-0.25, -0.2) is 9.18 Å². The minimum absolute atomic E-state index is 0.142. The molecule has 0 aromatic carbocycles. The van der Waals surface area contributed by atoms with Gasteiger partial charge in [-0.1, -0.05) is 13.8 Å². The van der Waals surface area contributed by atoms with Crippen LogP contribution in [0.5, 0.6) is 0 Å². The number of carbonyl (C=O) groups is 1. The average Bonchev–Trinajstić information content (AvgIpc) is 2.11. The third kappa shape index (κ3) is 2.48. The Morgan fingerprint density at radius 1 is 1.60 bits per heavy atom. The highest BCUT2D eigenvalue weighted by Crippen LogP contribution is 2.45. The number of carbonyl (C=O) groups excluding carboxylic acids is 1. The SMILES string of the molecule is CCOC(=O)C(F)C1(O)CC(C(C)C)C1. The summed E-state index contributed by atoms with van der Waals surface area (Å²) in [6, 6.07) is 0. The van der Waals surface area contributed by atoms with Gasteiger partial charge in [-0.05, 0) is 31.6 Å². The van der Waals surface area contributed by atoms with Gasteiger partial charge in [-0.2, -0.15) is 0 Å². The fraction of sp³-hybridized carbons (Fsp3) is 0.909. The van der Waals surface area contributed by atoms with Crippen LogP contribution in [0.15, 0.2) is 0 Å². The van der Waals surface area contributed by atoms with Crippen LogP contribution < -0.4 is 0 Å². The number of alkyl halides is 1. The Hall–Kier alpha value is -0.640. The zero-order chi connectivity index (χ0) is 11.6. The molecule has 0 saturated heterocycles. The molecule has 1 atom stereocenters. The predicted octanol–water partition coefficient (Wildman–Crippen LogP) is 1.68. The third-order valence-electron chi connectivity index (χ3n) is 3.14. The van der Waals surface area contributed by atoms with E-state index in [1.807, 2.05) is 13.8 Å². The number of ether oxygens (including phenoxy) is 1. The highest BCUT2D eigenvalue weighted by atomic mass is 19.1. The standard InChI is InChI=1S/C11H19FO3/c1-4-15-10(13)9(12)11(14)5-8(6-11)7(2)3/h7-9,14H,4-6H2,1-3H3. The second kappa shape index (κ2) is 4.47. The van der Waals surface area contributed by atoms with Gasteiger partial charge in [-0.3, -0.25) is 0 Å². The molecule has 0 bridgehead atoms. The first-order valence-electron chi connectivity index (χ1n) is 5.43. The number of hydrogen-bond donors (Lipinski definition) is 1. The Bertz CT molecular complexity index is 234. The summed E-state index contributed by atoms with van der Waals surface area (Å²) in [7, 11) is 0. The van der Waals surface area contributed by atoms with Crippen LogP contribution in [-0.2, 0) is 9.53 Å². The minimum Gasteiger partial charge on any atom is -0.464 e. The normalized spacial score (nSPS) is 32.3. The van der Waals surface area contributed by atoms with E-state index in [1.54, 1.807) is 6.92 Å². The molecule has 1 fully saturated rings. The predicted molar refractivity (Wildman–Crippen MR) is 54.0 cm³/mol. The molecule has 0 spiro atoms. The van der Waals surface area contributed by atoms with Crippen LogP contribution in [0.25, 0.3) is 0 Å². The average molecular weight is 218 g/mol. The highest BCUT2D eigenvalue weighted by Gasteiger charge is 2.53. The van der Waals surface area contributed by atoms with Gasteiger partial charge in [0.25, 0.3) is 0 Å². The Morgan fingerprint density at radius 3 is 2.53 bits per heavy atom. The van der Waals surface area contributed by atoms with Gasteiger partial charge in [-0.15, -0.1) is 0 Å². The fourth-order valence-corrected chi connectivity index (χ4v) is 1.96. The van der Waals surface area contributed by atoms with Crippen molar-refractivity contribution in [2.75, 3.05) is 6.61 Å². The smallest absolute Gasteiger partial charge is 0.343 e. The quantitative estimate of drug-likeness (QED) is 0.730. The minimum atomic E-state index is -1.90. The van der Waals surface area contributed by atoms with Gasteiger partial charge in [0.1, 0.15) is 5.60 Å². The van der Waals surface area contributed by atoms with Crippen LogP contribution >= 0.6 is 0 Å². The Labute approximate surface area is 89.6 Å². The number of hydrogen-bond acceptors (Lipinski definition) is 3. The maximum Gasteiger partial charge on any atom is 0.343 e. The topological polar surface area (TPSA) is 46.5 Å². The Balaban J connectivity index is 2.48. The van der Waals surface area contributed by atoms with Crippen molar-refractivity contribution in [1.29, 1.82) is 0 Å². The van der Waals surface area contributed by atoms with E-state index in [0.29, 0.717) is 24.7 Å². The molecule has 0 heterocycles. The van der Waals surface area contributed by atoms with E-state index >= 15 is 0 Å². The summed E-state index contributed by atoms with van der Waals surface area (Å²) in [6.07, 6.45) is -1.19. The second-order valence-corrected chi connectivity index (χ2v) is 4.63. The lowest BCUT2D eigenvalue weighted by Crippen LogP contribution is -2.55. The zero-order valence-electron chi connectivity index (χ0n) is 9.50. The first-order valence-corrected chi connectivity index (χ1v) is 5.43. The number of rotatable bonds is 4. The molecule has 88 valence electrons. The maximum absolute atomic E-state index is 13.5. The molecule has 1 rings (SSSR count). The number of aliphatic hydroxyl groups is 1. The van der Waals surface area contributed by atoms with Crippen molar-refractivity contribution in [3.05, 3.63) is 0 Å². The van der Waals surface area contributed by atoms with E-state index in [9.17, 15) is 14.3 Å². The molecular formula is C11H19FO3. The van der Waals surface area contributed by atoms with Crippen LogP contribution in [0.3, 0.4) is 0 Å². The van der Waals surface area contributed by atoms with Crippen LogP contribution in [0.4, 0.5) is 4.39 Å². The molecule has 1 saturated carbocycles. The van der Waals surface area contributed by atoms with E-state index < -0.39 is 17.7 Å². The summed E-state index contributed by atoms with van der Waals surface area (Å²) in [4.78, 5) is 11.1. The Morgan fingerprint density at radius 2 is 2.13 bits per heavy atom. The summed E-state index contributed by atoms with van der Waals surface area (Å²) in [5.74, 6) is -0.218. The lowest BCUT2D eigenvalue weighted by Gasteiger charge is -2.46. The molecule has 0 aromatic rings. The number of halogens is 1. The summed E-state index contributed by atoms with van der Waals surface area (Å²) < 4.78 is 18.1. The van der Waals surface area contributed by atoms with Crippen molar-refractivity contribution in [2.24, 2.45) is 11.8 Å². The van der Waals surface area contributed by atoms with Crippen molar-refractivity contribution in [1.82, 2.24) is 0 Å². The molecule has 0 aromatic heterocycles. The third-order valence-corrected chi connectivity index (χ3v) is 3.14.